The van der Waals surface area contributed by atoms with Crippen LogP contribution in [0.1, 0.15) is 26.3 Å². The number of anilines is 1. The van der Waals surface area contributed by atoms with Crippen molar-refractivity contribution in [3.05, 3.63) is 65.2 Å². The molecule has 0 aliphatic carbocycles. The summed E-state index contributed by atoms with van der Waals surface area (Å²) < 4.78 is 9.80. The lowest BCUT2D eigenvalue weighted by atomic mass is 10.1. The maximum Gasteiger partial charge on any atom is 0.338 e. The Balaban J connectivity index is 2.12. The van der Waals surface area contributed by atoms with Crippen LogP contribution in [0.3, 0.4) is 0 Å². The van der Waals surface area contributed by atoms with Crippen molar-refractivity contribution in [2.75, 3.05) is 12.8 Å². The van der Waals surface area contributed by atoms with Gasteiger partial charge in [0.05, 0.1) is 18.2 Å². The SMILES string of the molecule is COC(=O)c1cc(N)cc(C(=O)OCc2ccccc2)c1. The first-order valence-electron chi connectivity index (χ1n) is 6.30. The number of rotatable bonds is 4. The molecule has 2 rings (SSSR count). The summed E-state index contributed by atoms with van der Waals surface area (Å²) in [5, 5.41) is 0. The van der Waals surface area contributed by atoms with Gasteiger partial charge in [0.25, 0.3) is 0 Å². The van der Waals surface area contributed by atoms with Crippen LogP contribution >= 0.6 is 0 Å². The lowest BCUT2D eigenvalue weighted by Crippen LogP contribution is -2.09. The first-order valence-corrected chi connectivity index (χ1v) is 6.30. The summed E-state index contributed by atoms with van der Waals surface area (Å²) >= 11 is 0. The average molecular weight is 285 g/mol. The zero-order valence-corrected chi connectivity index (χ0v) is 11.5. The molecule has 0 heterocycles. The molecule has 0 amide bonds. The lowest BCUT2D eigenvalue weighted by Gasteiger charge is -2.07. The van der Waals surface area contributed by atoms with E-state index >= 15 is 0 Å². The number of nitrogen functional groups attached to an aromatic ring is 1. The van der Waals surface area contributed by atoms with Crippen LogP contribution in [0, 0.1) is 0 Å². The molecule has 2 aromatic rings. The number of methoxy groups -OCH3 is 1. The second-order valence-corrected chi connectivity index (χ2v) is 4.40. The molecular formula is C16H15NO4. The van der Waals surface area contributed by atoms with E-state index in [1.807, 2.05) is 30.3 Å². The number of benzene rings is 2. The highest BCUT2D eigenvalue weighted by molar-refractivity contribution is 5.96. The number of ether oxygens (including phenoxy) is 2. The Labute approximate surface area is 122 Å². The van der Waals surface area contributed by atoms with Crippen LogP contribution in [-0.4, -0.2) is 19.0 Å². The quantitative estimate of drug-likeness (QED) is 0.689. The molecule has 21 heavy (non-hydrogen) atoms. The number of carbonyl (C=O) groups excluding carboxylic acids is 2. The number of nitrogens with two attached hydrogens (primary N) is 1. The molecule has 2 N–H and O–H groups in total. The van der Waals surface area contributed by atoms with Crippen LogP contribution in [0.15, 0.2) is 48.5 Å². The van der Waals surface area contributed by atoms with Gasteiger partial charge < -0.3 is 15.2 Å². The van der Waals surface area contributed by atoms with Crippen molar-refractivity contribution in [3.8, 4) is 0 Å². The number of carbonyl (C=O) groups is 2. The Bertz CT molecular complexity index is 653. The Morgan fingerprint density at radius 2 is 1.62 bits per heavy atom. The number of hydrogen-bond donors (Lipinski definition) is 1. The molecule has 0 saturated carbocycles. The molecule has 2 aromatic carbocycles. The zero-order valence-electron chi connectivity index (χ0n) is 11.5. The van der Waals surface area contributed by atoms with Crippen molar-refractivity contribution in [2.45, 2.75) is 6.61 Å². The largest absolute Gasteiger partial charge is 0.465 e. The van der Waals surface area contributed by atoms with E-state index in [1.165, 1.54) is 25.3 Å². The third-order valence-corrected chi connectivity index (χ3v) is 2.82. The molecule has 0 spiro atoms. The highest BCUT2D eigenvalue weighted by atomic mass is 16.5. The molecule has 0 fully saturated rings. The topological polar surface area (TPSA) is 78.6 Å². The van der Waals surface area contributed by atoms with Gasteiger partial charge in [0.2, 0.25) is 0 Å². The minimum atomic E-state index is -0.556. The molecule has 5 nitrogen and oxygen atoms in total. The van der Waals surface area contributed by atoms with Gasteiger partial charge in [-0.1, -0.05) is 30.3 Å². The average Bonchev–Trinajstić information content (AvgIpc) is 2.52. The molecule has 5 heteroatoms. The van der Waals surface area contributed by atoms with Crippen LogP contribution in [-0.2, 0) is 16.1 Å². The maximum absolute atomic E-state index is 12.0. The van der Waals surface area contributed by atoms with E-state index in [4.69, 9.17) is 10.5 Å². The van der Waals surface area contributed by atoms with E-state index in [-0.39, 0.29) is 17.7 Å². The smallest absolute Gasteiger partial charge is 0.338 e. The van der Waals surface area contributed by atoms with Gasteiger partial charge in [0.15, 0.2) is 0 Å². The standard InChI is InChI=1S/C16H15NO4/c1-20-15(18)12-7-13(9-14(17)8-12)16(19)21-10-11-5-3-2-4-6-11/h2-9H,10,17H2,1H3. The first-order chi connectivity index (χ1) is 10.1. The lowest BCUT2D eigenvalue weighted by molar-refractivity contribution is 0.0472. The van der Waals surface area contributed by atoms with Gasteiger partial charge in [-0.3, -0.25) is 0 Å². The monoisotopic (exact) mass is 285 g/mol. The predicted octanol–water partition coefficient (Wildman–Crippen LogP) is 2.41. The van der Waals surface area contributed by atoms with E-state index in [0.717, 1.165) is 5.56 Å². The molecule has 0 aliphatic rings. The van der Waals surface area contributed by atoms with Crippen molar-refractivity contribution >= 4 is 17.6 Å². The summed E-state index contributed by atoms with van der Waals surface area (Å²) in [6.45, 7) is 0.155. The number of esters is 2. The van der Waals surface area contributed by atoms with Gasteiger partial charge >= 0.3 is 11.9 Å². The Hall–Kier alpha value is -2.82. The highest BCUT2D eigenvalue weighted by Gasteiger charge is 2.13. The van der Waals surface area contributed by atoms with E-state index in [0.29, 0.717) is 5.69 Å². The molecule has 0 aliphatic heterocycles. The summed E-state index contributed by atoms with van der Waals surface area (Å²) in [4.78, 5) is 23.5. The van der Waals surface area contributed by atoms with Crippen LogP contribution in [0.5, 0.6) is 0 Å². The third-order valence-electron chi connectivity index (χ3n) is 2.82. The predicted molar refractivity (Wildman–Crippen MR) is 77.8 cm³/mol. The zero-order chi connectivity index (χ0) is 15.2. The molecule has 108 valence electrons. The minimum Gasteiger partial charge on any atom is -0.465 e. The molecule has 0 unspecified atom stereocenters. The molecule has 0 atom stereocenters. The van der Waals surface area contributed by atoms with Crippen molar-refractivity contribution in [2.24, 2.45) is 0 Å². The summed E-state index contributed by atoms with van der Waals surface area (Å²) in [6, 6.07) is 13.6. The fourth-order valence-corrected chi connectivity index (χ4v) is 1.81. The molecular weight excluding hydrogens is 270 g/mol. The second-order valence-electron chi connectivity index (χ2n) is 4.40. The number of hydrogen-bond acceptors (Lipinski definition) is 5. The Kier molecular flexibility index (Phi) is 4.56. The van der Waals surface area contributed by atoms with Crippen LogP contribution < -0.4 is 5.73 Å². The van der Waals surface area contributed by atoms with Crippen LogP contribution in [0.25, 0.3) is 0 Å². The fraction of sp³-hybridized carbons (Fsp3) is 0.125. The van der Waals surface area contributed by atoms with Crippen molar-refractivity contribution in [3.63, 3.8) is 0 Å². The van der Waals surface area contributed by atoms with E-state index in [1.54, 1.807) is 0 Å². The van der Waals surface area contributed by atoms with Gasteiger partial charge in [0.1, 0.15) is 6.61 Å². The molecule has 0 saturated heterocycles. The van der Waals surface area contributed by atoms with E-state index in [9.17, 15) is 9.59 Å². The highest BCUT2D eigenvalue weighted by Crippen LogP contribution is 2.15. The summed E-state index contributed by atoms with van der Waals surface area (Å²) in [6.07, 6.45) is 0. The summed E-state index contributed by atoms with van der Waals surface area (Å²) in [7, 11) is 1.26. The van der Waals surface area contributed by atoms with Crippen LogP contribution in [0.2, 0.25) is 0 Å². The van der Waals surface area contributed by atoms with Gasteiger partial charge in [-0.25, -0.2) is 9.59 Å². The summed E-state index contributed by atoms with van der Waals surface area (Å²) in [5.74, 6) is -1.10. The van der Waals surface area contributed by atoms with Crippen molar-refractivity contribution in [1.82, 2.24) is 0 Å². The minimum absolute atomic E-state index is 0.155. The molecule has 0 radical (unpaired) electrons. The van der Waals surface area contributed by atoms with E-state index in [2.05, 4.69) is 4.74 Å². The molecule has 0 bridgehead atoms. The van der Waals surface area contributed by atoms with Crippen molar-refractivity contribution < 1.29 is 19.1 Å². The first kappa shape index (κ1) is 14.6. The van der Waals surface area contributed by atoms with Gasteiger partial charge in [0, 0.05) is 5.69 Å². The van der Waals surface area contributed by atoms with Crippen LogP contribution in [0.4, 0.5) is 5.69 Å². The Morgan fingerprint density at radius 3 is 2.24 bits per heavy atom. The fourth-order valence-electron chi connectivity index (χ4n) is 1.81. The van der Waals surface area contributed by atoms with E-state index < -0.39 is 11.9 Å². The Morgan fingerprint density at radius 1 is 1.00 bits per heavy atom. The van der Waals surface area contributed by atoms with Gasteiger partial charge in [-0.15, -0.1) is 0 Å². The molecule has 0 aromatic heterocycles. The normalized spacial score (nSPS) is 9.95. The van der Waals surface area contributed by atoms with Gasteiger partial charge in [-0.2, -0.15) is 0 Å². The maximum atomic E-state index is 12.0. The summed E-state index contributed by atoms with van der Waals surface area (Å²) in [5.41, 5.74) is 7.28. The second kappa shape index (κ2) is 6.56. The van der Waals surface area contributed by atoms with Crippen molar-refractivity contribution in [1.29, 1.82) is 0 Å². The third kappa shape index (κ3) is 3.82. The van der Waals surface area contributed by atoms with Gasteiger partial charge in [-0.05, 0) is 23.8 Å².